The molecule has 116 valence electrons. The average Bonchev–Trinajstić information content (AvgIpc) is 2.51. The maximum Gasteiger partial charge on any atom is 0.230 e. The van der Waals surface area contributed by atoms with Gasteiger partial charge in [-0.25, -0.2) is 0 Å². The number of hydrogen-bond acceptors (Lipinski definition) is 4. The van der Waals surface area contributed by atoms with E-state index in [1.807, 2.05) is 31.2 Å². The fourth-order valence-electron chi connectivity index (χ4n) is 2.27. The molecular formula is C16H24N2O2S. The number of nitrogens with one attached hydrogen (secondary N) is 2. The molecule has 2 N–H and O–H groups in total. The zero-order valence-corrected chi connectivity index (χ0v) is 13.4. The molecule has 0 aromatic heterocycles. The van der Waals surface area contributed by atoms with Crippen LogP contribution in [0.4, 0.5) is 0 Å². The van der Waals surface area contributed by atoms with Gasteiger partial charge in [0.15, 0.2) is 0 Å². The lowest BCUT2D eigenvalue weighted by molar-refractivity contribution is -0.118. The first kappa shape index (κ1) is 16.2. The van der Waals surface area contributed by atoms with E-state index in [-0.39, 0.29) is 5.91 Å². The van der Waals surface area contributed by atoms with Gasteiger partial charge < -0.3 is 15.4 Å². The lowest BCUT2D eigenvalue weighted by atomic mass is 10.2. The predicted octanol–water partition coefficient (Wildman–Crippen LogP) is 1.98. The third-order valence-corrected chi connectivity index (χ3v) is 4.79. The van der Waals surface area contributed by atoms with Crippen LogP contribution in [0.3, 0.4) is 0 Å². The van der Waals surface area contributed by atoms with Crippen LogP contribution in [0.2, 0.25) is 0 Å². The van der Waals surface area contributed by atoms with Crippen molar-refractivity contribution in [1.82, 2.24) is 10.6 Å². The number of carbonyl (C=O) groups is 1. The van der Waals surface area contributed by atoms with Crippen LogP contribution in [0, 0.1) is 6.92 Å². The smallest absolute Gasteiger partial charge is 0.230 e. The van der Waals surface area contributed by atoms with Crippen molar-refractivity contribution in [2.24, 2.45) is 0 Å². The minimum atomic E-state index is 0.103. The average molecular weight is 308 g/mol. The Labute approximate surface area is 131 Å². The summed E-state index contributed by atoms with van der Waals surface area (Å²) in [6, 6.07) is 7.93. The summed E-state index contributed by atoms with van der Waals surface area (Å²) in [5.74, 6) is 1.51. The number of carbonyl (C=O) groups excluding carboxylic acids is 1. The van der Waals surface area contributed by atoms with E-state index < -0.39 is 0 Å². The number of piperidine rings is 1. The Morgan fingerprint density at radius 1 is 1.43 bits per heavy atom. The third kappa shape index (κ3) is 6.40. The van der Waals surface area contributed by atoms with E-state index in [0.717, 1.165) is 31.7 Å². The molecule has 4 nitrogen and oxygen atoms in total. The van der Waals surface area contributed by atoms with Crippen LogP contribution < -0.4 is 15.4 Å². The van der Waals surface area contributed by atoms with Crippen LogP contribution in [0.1, 0.15) is 18.4 Å². The van der Waals surface area contributed by atoms with Crippen LogP contribution in [0.5, 0.6) is 5.75 Å². The molecule has 1 aromatic rings. The van der Waals surface area contributed by atoms with Gasteiger partial charge in [0, 0.05) is 5.25 Å². The van der Waals surface area contributed by atoms with E-state index in [4.69, 9.17) is 4.74 Å². The second-order valence-electron chi connectivity index (χ2n) is 5.28. The molecular weight excluding hydrogens is 284 g/mol. The summed E-state index contributed by atoms with van der Waals surface area (Å²) in [6.07, 6.45) is 2.32. The van der Waals surface area contributed by atoms with Crippen LogP contribution in [0.15, 0.2) is 24.3 Å². The minimum absolute atomic E-state index is 0.103. The van der Waals surface area contributed by atoms with Crippen molar-refractivity contribution in [2.75, 3.05) is 32.0 Å². The summed E-state index contributed by atoms with van der Waals surface area (Å²) >= 11 is 1.77. The lowest BCUT2D eigenvalue weighted by Crippen LogP contribution is -2.32. The largest absolute Gasteiger partial charge is 0.492 e. The summed E-state index contributed by atoms with van der Waals surface area (Å²) < 4.78 is 5.60. The van der Waals surface area contributed by atoms with E-state index in [1.165, 1.54) is 5.56 Å². The minimum Gasteiger partial charge on any atom is -0.492 e. The molecule has 2 rings (SSSR count). The molecule has 1 aromatic carbocycles. The Kier molecular flexibility index (Phi) is 6.89. The Balaban J connectivity index is 1.54. The van der Waals surface area contributed by atoms with Gasteiger partial charge in [-0.3, -0.25) is 4.79 Å². The van der Waals surface area contributed by atoms with Gasteiger partial charge in [-0.15, -0.1) is 11.8 Å². The molecule has 0 atom stereocenters. The molecule has 1 aliphatic rings. The van der Waals surface area contributed by atoms with E-state index >= 15 is 0 Å². The van der Waals surface area contributed by atoms with E-state index in [2.05, 4.69) is 10.6 Å². The SMILES string of the molecule is Cc1cccc(OCCNC(=O)CSC2CCNCC2)c1. The molecule has 0 aliphatic carbocycles. The highest BCUT2D eigenvalue weighted by atomic mass is 32.2. The maximum absolute atomic E-state index is 11.7. The molecule has 0 spiro atoms. The molecule has 1 fully saturated rings. The first-order chi connectivity index (χ1) is 10.2. The summed E-state index contributed by atoms with van der Waals surface area (Å²) in [5.41, 5.74) is 1.18. The fraction of sp³-hybridized carbons (Fsp3) is 0.562. The monoisotopic (exact) mass is 308 g/mol. The zero-order chi connectivity index (χ0) is 14.9. The van der Waals surface area contributed by atoms with Crippen molar-refractivity contribution >= 4 is 17.7 Å². The number of benzene rings is 1. The van der Waals surface area contributed by atoms with Crippen molar-refractivity contribution in [2.45, 2.75) is 25.0 Å². The number of ether oxygens (including phenoxy) is 1. The molecule has 0 radical (unpaired) electrons. The van der Waals surface area contributed by atoms with Crippen LogP contribution in [-0.4, -0.2) is 43.2 Å². The highest BCUT2D eigenvalue weighted by Gasteiger charge is 2.14. The number of hydrogen-bond donors (Lipinski definition) is 2. The Morgan fingerprint density at radius 3 is 3.00 bits per heavy atom. The molecule has 5 heteroatoms. The van der Waals surface area contributed by atoms with E-state index in [0.29, 0.717) is 24.2 Å². The number of thioether (sulfide) groups is 1. The Morgan fingerprint density at radius 2 is 2.24 bits per heavy atom. The van der Waals surface area contributed by atoms with Crippen molar-refractivity contribution in [3.8, 4) is 5.75 Å². The quantitative estimate of drug-likeness (QED) is 0.756. The summed E-state index contributed by atoms with van der Waals surface area (Å²) in [7, 11) is 0. The summed E-state index contributed by atoms with van der Waals surface area (Å²) in [6.45, 7) is 5.24. The second-order valence-corrected chi connectivity index (χ2v) is 6.56. The highest BCUT2D eigenvalue weighted by molar-refractivity contribution is 8.00. The van der Waals surface area contributed by atoms with Crippen LogP contribution in [0.25, 0.3) is 0 Å². The first-order valence-electron chi connectivity index (χ1n) is 7.52. The van der Waals surface area contributed by atoms with Gasteiger partial charge in [-0.1, -0.05) is 12.1 Å². The van der Waals surface area contributed by atoms with Gasteiger partial charge in [0.1, 0.15) is 12.4 Å². The molecule has 1 amide bonds. The van der Waals surface area contributed by atoms with E-state index in [1.54, 1.807) is 11.8 Å². The predicted molar refractivity (Wildman–Crippen MR) is 88.0 cm³/mol. The van der Waals surface area contributed by atoms with Gasteiger partial charge in [-0.2, -0.15) is 0 Å². The topological polar surface area (TPSA) is 50.4 Å². The third-order valence-electron chi connectivity index (χ3n) is 3.42. The summed E-state index contributed by atoms with van der Waals surface area (Å²) in [5, 5.41) is 6.87. The van der Waals surface area contributed by atoms with Crippen molar-refractivity contribution in [3.05, 3.63) is 29.8 Å². The standard InChI is InChI=1S/C16H24N2O2S/c1-13-3-2-4-14(11-13)20-10-9-18-16(19)12-21-15-5-7-17-8-6-15/h2-4,11,15,17H,5-10,12H2,1H3,(H,18,19). The van der Waals surface area contributed by atoms with Crippen molar-refractivity contribution in [3.63, 3.8) is 0 Å². The highest BCUT2D eigenvalue weighted by Crippen LogP contribution is 2.19. The van der Waals surface area contributed by atoms with Gasteiger partial charge in [0.25, 0.3) is 0 Å². The molecule has 0 saturated carbocycles. The van der Waals surface area contributed by atoms with Gasteiger partial charge >= 0.3 is 0 Å². The maximum atomic E-state index is 11.7. The molecule has 1 aliphatic heterocycles. The molecule has 0 unspecified atom stereocenters. The normalized spacial score (nSPS) is 15.7. The second kappa shape index (κ2) is 8.95. The van der Waals surface area contributed by atoms with Gasteiger partial charge in [0.05, 0.1) is 12.3 Å². The van der Waals surface area contributed by atoms with Gasteiger partial charge in [0.2, 0.25) is 5.91 Å². The Bertz CT molecular complexity index is 448. The molecule has 1 saturated heterocycles. The Hall–Kier alpha value is -1.20. The van der Waals surface area contributed by atoms with Crippen molar-refractivity contribution in [1.29, 1.82) is 0 Å². The van der Waals surface area contributed by atoms with Crippen LogP contribution in [-0.2, 0) is 4.79 Å². The number of rotatable bonds is 7. The molecule has 21 heavy (non-hydrogen) atoms. The fourth-order valence-corrected chi connectivity index (χ4v) is 3.33. The number of aryl methyl sites for hydroxylation is 1. The lowest BCUT2D eigenvalue weighted by Gasteiger charge is -2.21. The van der Waals surface area contributed by atoms with E-state index in [9.17, 15) is 4.79 Å². The molecule has 0 bridgehead atoms. The van der Waals surface area contributed by atoms with Crippen LogP contribution >= 0.6 is 11.8 Å². The molecule has 1 heterocycles. The first-order valence-corrected chi connectivity index (χ1v) is 8.57. The number of amides is 1. The zero-order valence-electron chi connectivity index (χ0n) is 12.6. The van der Waals surface area contributed by atoms with Gasteiger partial charge in [-0.05, 0) is 50.6 Å². The summed E-state index contributed by atoms with van der Waals surface area (Å²) in [4.78, 5) is 11.7. The van der Waals surface area contributed by atoms with Crippen molar-refractivity contribution < 1.29 is 9.53 Å².